The molecule has 0 unspecified atom stereocenters. The monoisotopic (exact) mass is 425 g/mol. The van der Waals surface area contributed by atoms with Gasteiger partial charge in [0.15, 0.2) is 0 Å². The van der Waals surface area contributed by atoms with Crippen LogP contribution in [-0.2, 0) is 0 Å². The summed E-state index contributed by atoms with van der Waals surface area (Å²) in [4.78, 5) is 8.97. The SMILES string of the molecule is Fc1ccc(C(SCCN2CCN(c3ccncc3)CC2)c2ccc(F)cc2)cc1. The normalized spacial score (nSPS) is 15.0. The molecule has 0 amide bonds. The molecule has 0 spiro atoms. The molecule has 2 aromatic carbocycles. The summed E-state index contributed by atoms with van der Waals surface area (Å²) in [5.74, 6) is 0.469. The van der Waals surface area contributed by atoms with Crippen LogP contribution in [0.1, 0.15) is 16.4 Å². The van der Waals surface area contributed by atoms with E-state index in [2.05, 4.69) is 26.9 Å². The Labute approximate surface area is 180 Å². The Hall–Kier alpha value is -2.44. The van der Waals surface area contributed by atoms with E-state index >= 15 is 0 Å². The molecular formula is C24H25F2N3S. The van der Waals surface area contributed by atoms with Gasteiger partial charge in [-0.15, -0.1) is 11.8 Å². The lowest BCUT2D eigenvalue weighted by Gasteiger charge is -2.36. The molecule has 1 aromatic heterocycles. The highest BCUT2D eigenvalue weighted by atomic mass is 32.2. The van der Waals surface area contributed by atoms with Gasteiger partial charge in [0.25, 0.3) is 0 Å². The Morgan fingerprint density at radius 2 is 1.30 bits per heavy atom. The Morgan fingerprint density at radius 1 is 0.767 bits per heavy atom. The first-order valence-electron chi connectivity index (χ1n) is 10.2. The quantitative estimate of drug-likeness (QED) is 0.530. The molecule has 0 radical (unpaired) electrons. The maximum atomic E-state index is 13.4. The van der Waals surface area contributed by atoms with Crippen LogP contribution in [0, 0.1) is 11.6 Å². The molecule has 1 aliphatic heterocycles. The summed E-state index contributed by atoms with van der Waals surface area (Å²) in [6.45, 7) is 5.07. The van der Waals surface area contributed by atoms with Crippen LogP contribution < -0.4 is 4.90 Å². The molecule has 1 saturated heterocycles. The number of piperazine rings is 1. The van der Waals surface area contributed by atoms with Gasteiger partial charge in [0.2, 0.25) is 0 Å². The fraction of sp³-hybridized carbons (Fsp3) is 0.292. The van der Waals surface area contributed by atoms with E-state index in [0.717, 1.165) is 49.6 Å². The van der Waals surface area contributed by atoms with Crippen molar-refractivity contribution in [1.82, 2.24) is 9.88 Å². The van der Waals surface area contributed by atoms with E-state index in [1.807, 2.05) is 48.4 Å². The molecule has 4 rings (SSSR count). The van der Waals surface area contributed by atoms with Gasteiger partial charge in [-0.25, -0.2) is 8.78 Å². The Morgan fingerprint density at radius 3 is 1.83 bits per heavy atom. The van der Waals surface area contributed by atoms with Crippen molar-refractivity contribution in [2.75, 3.05) is 43.4 Å². The van der Waals surface area contributed by atoms with E-state index < -0.39 is 0 Å². The van der Waals surface area contributed by atoms with E-state index in [1.165, 1.54) is 30.0 Å². The van der Waals surface area contributed by atoms with Crippen molar-refractivity contribution in [2.24, 2.45) is 0 Å². The minimum atomic E-state index is -0.242. The third-order valence-corrected chi connectivity index (χ3v) is 6.73. The highest BCUT2D eigenvalue weighted by molar-refractivity contribution is 7.99. The first kappa shape index (κ1) is 20.8. The number of hydrogen-bond donors (Lipinski definition) is 0. The largest absolute Gasteiger partial charge is 0.369 e. The van der Waals surface area contributed by atoms with Gasteiger partial charge in [0.05, 0.1) is 5.25 Å². The summed E-state index contributed by atoms with van der Waals surface area (Å²) >= 11 is 1.82. The molecule has 1 fully saturated rings. The van der Waals surface area contributed by atoms with Crippen LogP contribution in [0.25, 0.3) is 0 Å². The second-order valence-electron chi connectivity index (χ2n) is 7.39. The Bertz CT molecular complexity index is 866. The van der Waals surface area contributed by atoms with Gasteiger partial charge in [-0.05, 0) is 47.5 Å². The molecule has 0 aliphatic carbocycles. The first-order valence-corrected chi connectivity index (χ1v) is 11.2. The second-order valence-corrected chi connectivity index (χ2v) is 8.60. The fourth-order valence-corrected chi connectivity index (χ4v) is 5.04. The lowest BCUT2D eigenvalue weighted by molar-refractivity contribution is 0.273. The molecule has 3 aromatic rings. The number of rotatable bonds is 7. The third-order valence-electron chi connectivity index (χ3n) is 5.44. The van der Waals surface area contributed by atoms with Gasteiger partial charge in [-0.1, -0.05) is 24.3 Å². The van der Waals surface area contributed by atoms with Crippen LogP contribution in [-0.4, -0.2) is 48.4 Å². The molecule has 0 N–H and O–H groups in total. The summed E-state index contributed by atoms with van der Waals surface area (Å²) in [6, 6.07) is 17.4. The predicted molar refractivity (Wildman–Crippen MR) is 120 cm³/mol. The van der Waals surface area contributed by atoms with Crippen LogP contribution in [0.5, 0.6) is 0 Å². The minimum Gasteiger partial charge on any atom is -0.369 e. The Kier molecular flexibility index (Phi) is 6.97. The van der Waals surface area contributed by atoms with Crippen molar-refractivity contribution in [3.8, 4) is 0 Å². The summed E-state index contributed by atoms with van der Waals surface area (Å²) in [6.07, 6.45) is 3.67. The number of thioether (sulfide) groups is 1. The zero-order valence-electron chi connectivity index (χ0n) is 16.8. The highest BCUT2D eigenvalue weighted by Gasteiger charge is 2.19. The molecule has 0 saturated carbocycles. The first-order chi connectivity index (χ1) is 14.7. The zero-order valence-corrected chi connectivity index (χ0v) is 17.6. The molecule has 0 bridgehead atoms. The molecule has 2 heterocycles. The van der Waals surface area contributed by atoms with Crippen LogP contribution in [0.15, 0.2) is 73.1 Å². The maximum Gasteiger partial charge on any atom is 0.123 e. The van der Waals surface area contributed by atoms with Crippen molar-refractivity contribution >= 4 is 17.4 Å². The molecule has 156 valence electrons. The lowest BCUT2D eigenvalue weighted by Crippen LogP contribution is -2.47. The van der Waals surface area contributed by atoms with Crippen molar-refractivity contribution < 1.29 is 8.78 Å². The molecule has 6 heteroatoms. The Balaban J connectivity index is 1.34. The molecular weight excluding hydrogens is 400 g/mol. The summed E-state index contributed by atoms with van der Waals surface area (Å²) in [5.41, 5.74) is 3.30. The average Bonchev–Trinajstić information content (AvgIpc) is 2.79. The number of halogens is 2. The van der Waals surface area contributed by atoms with Crippen molar-refractivity contribution in [2.45, 2.75) is 5.25 Å². The maximum absolute atomic E-state index is 13.4. The zero-order chi connectivity index (χ0) is 20.8. The fourth-order valence-electron chi connectivity index (χ4n) is 3.74. The van der Waals surface area contributed by atoms with Gasteiger partial charge in [0, 0.05) is 56.6 Å². The molecule has 30 heavy (non-hydrogen) atoms. The molecule has 0 atom stereocenters. The minimum absolute atomic E-state index is 0.0595. The van der Waals surface area contributed by atoms with Crippen molar-refractivity contribution in [1.29, 1.82) is 0 Å². The van der Waals surface area contributed by atoms with Crippen LogP contribution >= 0.6 is 11.8 Å². The van der Waals surface area contributed by atoms with Crippen LogP contribution in [0.2, 0.25) is 0 Å². The van der Waals surface area contributed by atoms with Crippen molar-refractivity contribution in [3.05, 3.63) is 95.8 Å². The van der Waals surface area contributed by atoms with E-state index in [4.69, 9.17) is 0 Å². The standard InChI is InChI=1S/C24H25F2N3S/c25-21-5-1-19(2-6-21)24(20-3-7-22(26)8-4-20)30-18-17-28-13-15-29(16-14-28)23-9-11-27-12-10-23/h1-12,24H,13-18H2. The number of nitrogens with zero attached hydrogens (tertiary/aromatic N) is 3. The van der Waals surface area contributed by atoms with E-state index in [0.29, 0.717) is 0 Å². The summed E-state index contributed by atoms with van der Waals surface area (Å²) < 4.78 is 26.8. The number of pyridine rings is 1. The van der Waals surface area contributed by atoms with Crippen LogP contribution in [0.3, 0.4) is 0 Å². The topological polar surface area (TPSA) is 19.4 Å². The lowest BCUT2D eigenvalue weighted by atomic mass is 10.0. The van der Waals surface area contributed by atoms with Gasteiger partial charge >= 0.3 is 0 Å². The van der Waals surface area contributed by atoms with Crippen molar-refractivity contribution in [3.63, 3.8) is 0 Å². The second kappa shape index (κ2) is 10.0. The summed E-state index contributed by atoms with van der Waals surface area (Å²) in [5, 5.41) is 0.0595. The highest BCUT2D eigenvalue weighted by Crippen LogP contribution is 2.35. The third kappa shape index (κ3) is 5.37. The molecule has 1 aliphatic rings. The van der Waals surface area contributed by atoms with E-state index in [9.17, 15) is 8.78 Å². The number of anilines is 1. The molecule has 3 nitrogen and oxygen atoms in total. The average molecular weight is 426 g/mol. The van der Waals surface area contributed by atoms with Gasteiger partial charge in [-0.3, -0.25) is 9.88 Å². The van der Waals surface area contributed by atoms with Gasteiger partial charge in [-0.2, -0.15) is 0 Å². The smallest absolute Gasteiger partial charge is 0.123 e. The number of hydrogen-bond acceptors (Lipinski definition) is 4. The van der Waals surface area contributed by atoms with E-state index in [-0.39, 0.29) is 16.9 Å². The van der Waals surface area contributed by atoms with Crippen LogP contribution in [0.4, 0.5) is 14.5 Å². The predicted octanol–water partition coefficient (Wildman–Crippen LogP) is 5.00. The number of aromatic nitrogens is 1. The van der Waals surface area contributed by atoms with Gasteiger partial charge < -0.3 is 4.90 Å². The van der Waals surface area contributed by atoms with E-state index in [1.54, 1.807) is 0 Å². The number of benzene rings is 2. The van der Waals surface area contributed by atoms with Gasteiger partial charge in [0.1, 0.15) is 11.6 Å². The summed E-state index contributed by atoms with van der Waals surface area (Å²) in [7, 11) is 0.